The van der Waals surface area contributed by atoms with Gasteiger partial charge in [0.25, 0.3) is 15.9 Å². The van der Waals surface area contributed by atoms with Crippen molar-refractivity contribution in [1.82, 2.24) is 4.72 Å². The molecule has 10 heteroatoms. The van der Waals surface area contributed by atoms with Crippen LogP contribution in [0, 0.1) is 0 Å². The van der Waals surface area contributed by atoms with Crippen molar-refractivity contribution < 1.29 is 31.1 Å². The topological polar surface area (TPSA) is 72.5 Å². The number of nitrogens with one attached hydrogen (secondary N) is 1. The molecule has 5 nitrogen and oxygen atoms in total. The molecule has 0 saturated heterocycles. The predicted molar refractivity (Wildman–Crippen MR) is 111 cm³/mol. The monoisotopic (exact) mass is 513 g/mol. The molecule has 3 aromatic carbocycles. The van der Waals surface area contributed by atoms with E-state index in [1.807, 2.05) is 30.3 Å². The molecule has 0 radical (unpaired) electrons. The van der Waals surface area contributed by atoms with Crippen LogP contribution < -0.4 is 9.46 Å². The van der Waals surface area contributed by atoms with Crippen molar-refractivity contribution in [3.63, 3.8) is 0 Å². The average molecular weight is 514 g/mol. The number of hydrogen-bond acceptors (Lipinski definition) is 4. The number of benzene rings is 3. The lowest BCUT2D eigenvalue weighted by atomic mass is 10.2. The number of rotatable bonds is 6. The van der Waals surface area contributed by atoms with Gasteiger partial charge < -0.3 is 4.74 Å². The minimum Gasteiger partial charge on any atom is -0.487 e. The Morgan fingerprint density at radius 3 is 2.32 bits per heavy atom. The first-order valence-corrected chi connectivity index (χ1v) is 11.1. The molecular formula is C21H15BrF3NO4S. The lowest BCUT2D eigenvalue weighted by molar-refractivity contribution is -0.137. The van der Waals surface area contributed by atoms with Crippen LogP contribution >= 0.6 is 15.9 Å². The number of ether oxygens (including phenoxy) is 1. The number of alkyl halides is 3. The van der Waals surface area contributed by atoms with Crippen LogP contribution in [0.25, 0.3) is 0 Å². The Morgan fingerprint density at radius 1 is 0.968 bits per heavy atom. The van der Waals surface area contributed by atoms with Crippen LogP contribution in [0.3, 0.4) is 0 Å². The van der Waals surface area contributed by atoms with E-state index in [1.165, 1.54) is 12.1 Å². The van der Waals surface area contributed by atoms with Gasteiger partial charge in [-0.15, -0.1) is 0 Å². The maximum absolute atomic E-state index is 12.9. The van der Waals surface area contributed by atoms with Crippen LogP contribution in [0.15, 0.2) is 82.2 Å². The van der Waals surface area contributed by atoms with Gasteiger partial charge in [0, 0.05) is 0 Å². The maximum Gasteiger partial charge on any atom is 0.416 e. The second-order valence-corrected chi connectivity index (χ2v) is 8.89. The lowest BCUT2D eigenvalue weighted by Gasteiger charge is -2.14. The normalized spacial score (nSPS) is 11.7. The molecule has 0 aromatic heterocycles. The summed E-state index contributed by atoms with van der Waals surface area (Å²) in [4.78, 5) is 12.0. The van der Waals surface area contributed by atoms with E-state index in [0.717, 1.165) is 23.8 Å². The van der Waals surface area contributed by atoms with E-state index in [2.05, 4.69) is 15.9 Å². The van der Waals surface area contributed by atoms with E-state index in [1.54, 1.807) is 10.8 Å². The van der Waals surface area contributed by atoms with E-state index in [4.69, 9.17) is 4.74 Å². The van der Waals surface area contributed by atoms with E-state index in [0.29, 0.717) is 10.5 Å². The summed E-state index contributed by atoms with van der Waals surface area (Å²) >= 11 is 3.27. The molecule has 1 N–H and O–H groups in total. The van der Waals surface area contributed by atoms with Gasteiger partial charge in [0.05, 0.1) is 20.5 Å². The summed E-state index contributed by atoms with van der Waals surface area (Å²) in [5, 5.41) is 0. The molecule has 0 atom stereocenters. The third-order valence-electron chi connectivity index (χ3n) is 4.14. The number of carbonyl (C=O) groups excluding carboxylic acids is 1. The van der Waals surface area contributed by atoms with E-state index >= 15 is 0 Å². The molecular weight excluding hydrogens is 499 g/mol. The van der Waals surface area contributed by atoms with Crippen molar-refractivity contribution >= 4 is 31.9 Å². The zero-order chi connectivity index (χ0) is 22.6. The molecule has 0 aliphatic heterocycles. The second-order valence-electron chi connectivity index (χ2n) is 6.35. The fourth-order valence-corrected chi connectivity index (χ4v) is 4.13. The molecule has 1 amide bonds. The average Bonchev–Trinajstić information content (AvgIpc) is 2.72. The predicted octanol–water partition coefficient (Wildman–Crippen LogP) is 5.17. The second kappa shape index (κ2) is 9.11. The van der Waals surface area contributed by atoms with Gasteiger partial charge in [-0.05, 0) is 51.8 Å². The Kier molecular flexibility index (Phi) is 6.71. The van der Waals surface area contributed by atoms with Crippen LogP contribution in [0.1, 0.15) is 21.5 Å². The third kappa shape index (κ3) is 5.65. The van der Waals surface area contributed by atoms with Gasteiger partial charge in [0.1, 0.15) is 12.4 Å². The van der Waals surface area contributed by atoms with E-state index < -0.39 is 32.6 Å². The minimum absolute atomic E-state index is 0.0964. The van der Waals surface area contributed by atoms with E-state index in [-0.39, 0.29) is 17.9 Å². The first kappa shape index (κ1) is 22.8. The Labute approximate surface area is 185 Å². The minimum atomic E-state index is -4.72. The molecule has 162 valence electrons. The summed E-state index contributed by atoms with van der Waals surface area (Å²) in [5.41, 5.74) is -0.417. The van der Waals surface area contributed by atoms with Gasteiger partial charge in [-0.1, -0.05) is 42.5 Å². The number of halogens is 4. The summed E-state index contributed by atoms with van der Waals surface area (Å²) in [6.45, 7) is 0.115. The van der Waals surface area contributed by atoms with Gasteiger partial charge in [0.2, 0.25) is 0 Å². The van der Waals surface area contributed by atoms with Crippen LogP contribution in [0.5, 0.6) is 5.75 Å². The van der Waals surface area contributed by atoms with Crippen molar-refractivity contribution in [2.24, 2.45) is 0 Å². The first-order chi connectivity index (χ1) is 14.6. The number of sulfonamides is 1. The highest BCUT2D eigenvalue weighted by Crippen LogP contribution is 2.32. The van der Waals surface area contributed by atoms with Crippen molar-refractivity contribution in [3.8, 4) is 5.75 Å². The fraction of sp³-hybridized carbons (Fsp3) is 0.0952. The highest BCUT2D eigenvalue weighted by Gasteiger charge is 2.32. The Morgan fingerprint density at radius 2 is 1.65 bits per heavy atom. The largest absolute Gasteiger partial charge is 0.487 e. The van der Waals surface area contributed by atoms with Crippen molar-refractivity contribution in [2.75, 3.05) is 0 Å². The van der Waals surface area contributed by atoms with Crippen molar-refractivity contribution in [2.45, 2.75) is 17.7 Å². The molecule has 0 aliphatic rings. The summed E-state index contributed by atoms with van der Waals surface area (Å²) in [7, 11) is -4.56. The fourth-order valence-electron chi connectivity index (χ4n) is 2.64. The maximum atomic E-state index is 12.9. The molecule has 0 aliphatic carbocycles. The smallest absolute Gasteiger partial charge is 0.416 e. The molecule has 0 saturated carbocycles. The summed E-state index contributed by atoms with van der Waals surface area (Å²) in [6, 6.07) is 16.7. The van der Waals surface area contributed by atoms with Crippen LogP contribution in [0.2, 0.25) is 0 Å². The zero-order valence-electron chi connectivity index (χ0n) is 15.7. The number of amides is 1. The summed E-state index contributed by atoms with van der Waals surface area (Å²) in [5.74, 6) is -0.940. The molecule has 31 heavy (non-hydrogen) atoms. The van der Waals surface area contributed by atoms with Crippen LogP contribution in [-0.2, 0) is 22.8 Å². The van der Waals surface area contributed by atoms with Gasteiger partial charge >= 0.3 is 6.18 Å². The Hall–Kier alpha value is -2.85. The third-order valence-corrected chi connectivity index (χ3v) is 6.09. The van der Waals surface area contributed by atoms with Crippen LogP contribution in [-0.4, -0.2) is 14.3 Å². The summed E-state index contributed by atoms with van der Waals surface area (Å²) < 4.78 is 71.7. The lowest BCUT2D eigenvalue weighted by Crippen LogP contribution is -2.31. The molecule has 0 heterocycles. The molecule has 3 aromatic rings. The molecule has 0 fully saturated rings. The number of para-hydroxylation sites is 1. The molecule has 0 bridgehead atoms. The van der Waals surface area contributed by atoms with E-state index in [9.17, 15) is 26.4 Å². The molecule has 0 unspecified atom stereocenters. The summed E-state index contributed by atoms with van der Waals surface area (Å²) in [6.07, 6.45) is -4.72. The van der Waals surface area contributed by atoms with Gasteiger partial charge in [-0.25, -0.2) is 13.1 Å². The highest BCUT2D eigenvalue weighted by atomic mass is 79.9. The van der Waals surface area contributed by atoms with Gasteiger partial charge in [-0.3, -0.25) is 4.79 Å². The first-order valence-electron chi connectivity index (χ1n) is 8.77. The van der Waals surface area contributed by atoms with Crippen molar-refractivity contribution in [1.29, 1.82) is 0 Å². The standard InChI is InChI=1S/C21H15BrF3NO4S/c22-18-11-5-10-17(19(18)30-13-14-6-2-1-3-7-14)20(27)26-31(28,29)16-9-4-8-15(12-16)21(23,24)25/h1-12H,13H2,(H,26,27). The van der Waals surface area contributed by atoms with Gasteiger partial charge in [0.15, 0.2) is 0 Å². The van der Waals surface area contributed by atoms with Crippen molar-refractivity contribution in [3.05, 3.63) is 94.0 Å². The molecule has 3 rings (SSSR count). The quantitative estimate of drug-likeness (QED) is 0.493. The highest BCUT2D eigenvalue weighted by molar-refractivity contribution is 9.10. The Bertz CT molecular complexity index is 1200. The van der Waals surface area contributed by atoms with Crippen LogP contribution in [0.4, 0.5) is 13.2 Å². The number of carbonyl (C=O) groups is 1. The molecule has 0 spiro atoms. The number of hydrogen-bond donors (Lipinski definition) is 1. The SMILES string of the molecule is O=C(NS(=O)(=O)c1cccc(C(F)(F)F)c1)c1cccc(Br)c1OCc1ccccc1. The van der Waals surface area contributed by atoms with Gasteiger partial charge in [-0.2, -0.15) is 13.2 Å². The zero-order valence-corrected chi connectivity index (χ0v) is 18.1. The Balaban J connectivity index is 1.86.